The fourth-order valence-corrected chi connectivity index (χ4v) is 3.81. The Bertz CT molecular complexity index is 1100. The van der Waals surface area contributed by atoms with Crippen LogP contribution in [0, 0.1) is 0 Å². The predicted octanol–water partition coefficient (Wildman–Crippen LogP) is 3.44. The zero-order chi connectivity index (χ0) is 18.4. The second-order valence-electron chi connectivity index (χ2n) is 6.51. The summed E-state index contributed by atoms with van der Waals surface area (Å²) < 4.78 is 6.89. The van der Waals surface area contributed by atoms with Gasteiger partial charge in [-0.1, -0.05) is 28.1 Å². The van der Waals surface area contributed by atoms with E-state index in [2.05, 4.69) is 40.7 Å². The number of aromatic nitrogens is 3. The summed E-state index contributed by atoms with van der Waals surface area (Å²) in [5.41, 5.74) is 8.48. The first-order chi connectivity index (χ1) is 13.2. The van der Waals surface area contributed by atoms with Gasteiger partial charge < -0.3 is 20.0 Å². The third kappa shape index (κ3) is 2.95. The molecule has 7 nitrogen and oxygen atoms in total. The highest BCUT2D eigenvalue weighted by molar-refractivity contribution is 9.10. The molecule has 5 rings (SSSR count). The van der Waals surface area contributed by atoms with Gasteiger partial charge in [-0.25, -0.2) is 4.98 Å². The van der Waals surface area contributed by atoms with Gasteiger partial charge in [-0.3, -0.25) is 0 Å². The molecule has 1 aliphatic heterocycles. The fraction of sp³-hybridized carbons (Fsp3) is 0.211. The van der Waals surface area contributed by atoms with Crippen molar-refractivity contribution in [3.8, 4) is 0 Å². The first-order valence-electron chi connectivity index (χ1n) is 8.76. The molecule has 1 aliphatic rings. The molecule has 0 amide bonds. The van der Waals surface area contributed by atoms with Crippen molar-refractivity contribution in [3.05, 3.63) is 46.9 Å². The molecular weight excluding hydrogens is 408 g/mol. The number of benzene rings is 2. The van der Waals surface area contributed by atoms with Gasteiger partial charge in [0, 0.05) is 36.0 Å². The Morgan fingerprint density at radius 2 is 1.67 bits per heavy atom. The van der Waals surface area contributed by atoms with Crippen LogP contribution >= 0.6 is 15.9 Å². The van der Waals surface area contributed by atoms with E-state index in [1.165, 1.54) is 0 Å². The Kier molecular flexibility index (Phi) is 3.86. The molecule has 0 atom stereocenters. The number of oxazole rings is 1. The first-order valence-corrected chi connectivity index (χ1v) is 9.55. The number of nitrogens with two attached hydrogens (primary N) is 1. The summed E-state index contributed by atoms with van der Waals surface area (Å²) in [6.07, 6.45) is 0. The van der Waals surface area contributed by atoms with Gasteiger partial charge in [0.15, 0.2) is 5.58 Å². The Morgan fingerprint density at radius 1 is 0.889 bits per heavy atom. The quantitative estimate of drug-likeness (QED) is 0.527. The van der Waals surface area contributed by atoms with Gasteiger partial charge in [-0.2, -0.15) is 9.97 Å². The molecule has 3 heterocycles. The van der Waals surface area contributed by atoms with Crippen molar-refractivity contribution in [2.24, 2.45) is 0 Å². The molecule has 2 aromatic heterocycles. The Hall–Kier alpha value is -2.87. The van der Waals surface area contributed by atoms with E-state index in [0.29, 0.717) is 12.0 Å². The standard InChI is InChI=1S/C19H17BrN6O/c20-12-5-6-14-13(11-12)17(24-18(21)22-14)25-7-9-26(10-8-25)19-23-15-3-1-2-4-16(15)27-19/h1-6,11H,7-10H2,(H2,21,22,24). The maximum absolute atomic E-state index is 5.93. The van der Waals surface area contributed by atoms with Crippen LogP contribution in [0.4, 0.5) is 17.8 Å². The molecule has 1 saturated heterocycles. The highest BCUT2D eigenvalue weighted by Gasteiger charge is 2.23. The normalized spacial score (nSPS) is 15.0. The lowest BCUT2D eigenvalue weighted by molar-refractivity contribution is 0.541. The van der Waals surface area contributed by atoms with Crippen LogP contribution in [0.5, 0.6) is 0 Å². The van der Waals surface area contributed by atoms with Crippen LogP contribution in [0.3, 0.4) is 0 Å². The van der Waals surface area contributed by atoms with Gasteiger partial charge in [0.25, 0.3) is 6.01 Å². The zero-order valence-corrected chi connectivity index (χ0v) is 16.1. The zero-order valence-electron chi connectivity index (χ0n) is 14.5. The summed E-state index contributed by atoms with van der Waals surface area (Å²) in [7, 11) is 0. The number of anilines is 3. The largest absolute Gasteiger partial charge is 0.423 e. The lowest BCUT2D eigenvalue weighted by Gasteiger charge is -2.35. The summed E-state index contributed by atoms with van der Waals surface area (Å²) in [4.78, 5) is 17.9. The van der Waals surface area contributed by atoms with Crippen molar-refractivity contribution in [2.75, 3.05) is 41.7 Å². The van der Waals surface area contributed by atoms with Gasteiger partial charge in [0.05, 0.1) is 5.52 Å². The molecule has 0 aliphatic carbocycles. The molecule has 136 valence electrons. The van der Waals surface area contributed by atoms with Crippen LogP contribution in [0.2, 0.25) is 0 Å². The number of fused-ring (bicyclic) bond motifs is 2. The van der Waals surface area contributed by atoms with E-state index >= 15 is 0 Å². The Morgan fingerprint density at radius 3 is 2.48 bits per heavy atom. The van der Waals surface area contributed by atoms with E-state index in [0.717, 1.165) is 58.5 Å². The highest BCUT2D eigenvalue weighted by atomic mass is 79.9. The van der Waals surface area contributed by atoms with Crippen LogP contribution in [-0.2, 0) is 0 Å². The van der Waals surface area contributed by atoms with Crippen LogP contribution in [0.1, 0.15) is 0 Å². The summed E-state index contributed by atoms with van der Waals surface area (Å²) in [6, 6.07) is 14.5. The van der Waals surface area contributed by atoms with Crippen LogP contribution in [0.15, 0.2) is 51.4 Å². The number of rotatable bonds is 2. The fourth-order valence-electron chi connectivity index (χ4n) is 3.45. The third-order valence-corrected chi connectivity index (χ3v) is 5.28. The molecule has 0 spiro atoms. The lowest BCUT2D eigenvalue weighted by Crippen LogP contribution is -2.47. The maximum Gasteiger partial charge on any atom is 0.298 e. The van der Waals surface area contributed by atoms with E-state index in [-0.39, 0.29) is 0 Å². The topological polar surface area (TPSA) is 84.3 Å². The van der Waals surface area contributed by atoms with Gasteiger partial charge in [0.1, 0.15) is 11.3 Å². The minimum absolute atomic E-state index is 0.293. The van der Waals surface area contributed by atoms with Crippen LogP contribution in [-0.4, -0.2) is 41.1 Å². The smallest absolute Gasteiger partial charge is 0.298 e. The van der Waals surface area contributed by atoms with E-state index in [1.807, 2.05) is 42.5 Å². The van der Waals surface area contributed by atoms with Gasteiger partial charge in [0.2, 0.25) is 5.95 Å². The molecular formula is C19H17BrN6O. The summed E-state index contributed by atoms with van der Waals surface area (Å²) >= 11 is 3.53. The number of para-hydroxylation sites is 2. The van der Waals surface area contributed by atoms with Gasteiger partial charge in [-0.15, -0.1) is 0 Å². The number of nitrogen functional groups attached to an aromatic ring is 1. The number of nitrogens with zero attached hydrogens (tertiary/aromatic N) is 5. The average Bonchev–Trinajstić information content (AvgIpc) is 3.12. The molecule has 27 heavy (non-hydrogen) atoms. The lowest BCUT2D eigenvalue weighted by atomic mass is 10.2. The number of piperazine rings is 1. The van der Waals surface area contributed by atoms with Gasteiger partial charge >= 0.3 is 0 Å². The van der Waals surface area contributed by atoms with E-state index in [1.54, 1.807) is 0 Å². The van der Waals surface area contributed by atoms with E-state index in [4.69, 9.17) is 10.2 Å². The maximum atomic E-state index is 5.93. The molecule has 4 aromatic rings. The van der Waals surface area contributed by atoms with Crippen molar-refractivity contribution >= 4 is 55.7 Å². The van der Waals surface area contributed by atoms with E-state index in [9.17, 15) is 0 Å². The third-order valence-electron chi connectivity index (χ3n) is 4.79. The molecule has 0 unspecified atom stereocenters. The Balaban J connectivity index is 1.42. The molecule has 2 N–H and O–H groups in total. The van der Waals surface area contributed by atoms with Crippen molar-refractivity contribution in [3.63, 3.8) is 0 Å². The predicted molar refractivity (Wildman–Crippen MR) is 110 cm³/mol. The van der Waals surface area contributed by atoms with Crippen molar-refractivity contribution in [1.29, 1.82) is 0 Å². The number of halogens is 1. The molecule has 0 bridgehead atoms. The molecule has 8 heteroatoms. The minimum atomic E-state index is 0.293. The highest BCUT2D eigenvalue weighted by Crippen LogP contribution is 2.29. The van der Waals surface area contributed by atoms with Crippen molar-refractivity contribution < 1.29 is 4.42 Å². The summed E-state index contributed by atoms with van der Waals surface area (Å²) in [5.74, 6) is 1.16. The Labute approximate surface area is 163 Å². The monoisotopic (exact) mass is 424 g/mol. The van der Waals surface area contributed by atoms with Crippen molar-refractivity contribution in [1.82, 2.24) is 15.0 Å². The molecule has 2 aromatic carbocycles. The summed E-state index contributed by atoms with van der Waals surface area (Å²) in [6.45, 7) is 3.20. The van der Waals surface area contributed by atoms with Crippen LogP contribution in [0.25, 0.3) is 22.0 Å². The van der Waals surface area contributed by atoms with Gasteiger partial charge in [-0.05, 0) is 30.3 Å². The SMILES string of the molecule is Nc1nc(N2CCN(c3nc4ccccc4o3)CC2)c2cc(Br)ccc2n1. The number of hydrogen-bond donors (Lipinski definition) is 1. The second kappa shape index (κ2) is 6.38. The minimum Gasteiger partial charge on any atom is -0.423 e. The second-order valence-corrected chi connectivity index (χ2v) is 7.42. The van der Waals surface area contributed by atoms with E-state index < -0.39 is 0 Å². The molecule has 0 radical (unpaired) electrons. The molecule has 1 fully saturated rings. The summed E-state index contributed by atoms with van der Waals surface area (Å²) in [5, 5.41) is 0.994. The first kappa shape index (κ1) is 16.3. The average molecular weight is 425 g/mol. The molecule has 0 saturated carbocycles. The number of hydrogen-bond acceptors (Lipinski definition) is 7. The van der Waals surface area contributed by atoms with Crippen LogP contribution < -0.4 is 15.5 Å². The van der Waals surface area contributed by atoms with Crippen molar-refractivity contribution in [2.45, 2.75) is 0 Å².